The molecule has 4 rings (SSSR count). The Bertz CT molecular complexity index is 1230. The first-order chi connectivity index (χ1) is 16.0. The molecular formula is C17H19Cl2N7O4. The van der Waals surface area contributed by atoms with Gasteiger partial charge in [-0.1, -0.05) is 11.6 Å². The van der Waals surface area contributed by atoms with Crippen molar-refractivity contribution >= 4 is 39.9 Å². The lowest BCUT2D eigenvalue weighted by atomic mass is 10.1. The lowest BCUT2D eigenvalue weighted by Gasteiger charge is -2.22. The van der Waals surface area contributed by atoms with Gasteiger partial charge in [0.2, 0.25) is 5.28 Å². The fraction of sp³-hybridized carbons (Fsp3) is 0.529. The van der Waals surface area contributed by atoms with Crippen molar-refractivity contribution in [3.63, 3.8) is 0 Å². The average Bonchev–Trinajstić information content (AvgIpc) is 3.30. The van der Waals surface area contributed by atoms with E-state index in [1.54, 1.807) is 0 Å². The molecule has 0 bridgehead atoms. The van der Waals surface area contributed by atoms with E-state index in [9.17, 15) is 10.1 Å². The summed E-state index contributed by atoms with van der Waals surface area (Å²) in [5.74, 6) is -0.456. The first-order valence-electron chi connectivity index (χ1n) is 11.0. The van der Waals surface area contributed by atoms with Crippen molar-refractivity contribution in [1.82, 2.24) is 29.5 Å². The zero-order valence-corrected chi connectivity index (χ0v) is 17.1. The molecule has 13 heteroatoms. The van der Waals surface area contributed by atoms with Gasteiger partial charge in [-0.2, -0.15) is 10.1 Å². The molecule has 0 aliphatic carbocycles. The Morgan fingerprint density at radius 2 is 2.23 bits per heavy atom. The first kappa shape index (κ1) is 16.2. The lowest BCUT2D eigenvalue weighted by molar-refractivity contribution is -0.386. The van der Waals surface area contributed by atoms with Gasteiger partial charge >= 0.3 is 11.6 Å². The fourth-order valence-corrected chi connectivity index (χ4v) is 3.49. The number of nitro groups is 1. The molecule has 0 radical (unpaired) electrons. The van der Waals surface area contributed by atoms with Gasteiger partial charge in [-0.25, -0.2) is 9.67 Å². The number of rotatable bonds is 7. The van der Waals surface area contributed by atoms with Gasteiger partial charge in [0.15, 0.2) is 10.8 Å². The molecule has 0 atom stereocenters. The maximum absolute atomic E-state index is 11.8. The van der Waals surface area contributed by atoms with Crippen molar-refractivity contribution in [3.8, 4) is 5.88 Å². The van der Waals surface area contributed by atoms with Gasteiger partial charge < -0.3 is 9.47 Å². The van der Waals surface area contributed by atoms with Crippen molar-refractivity contribution in [1.29, 1.82) is 0 Å². The van der Waals surface area contributed by atoms with Crippen LogP contribution in [0.5, 0.6) is 5.88 Å². The summed E-state index contributed by atoms with van der Waals surface area (Å²) in [6, 6.07) is -1.50. The van der Waals surface area contributed by atoms with Crippen LogP contribution < -0.4 is 4.74 Å². The number of nitrogens with zero attached hydrogens (tertiary/aromatic N) is 7. The van der Waals surface area contributed by atoms with E-state index in [1.165, 1.54) is 10.9 Å². The zero-order chi connectivity index (χ0) is 24.7. The highest BCUT2D eigenvalue weighted by molar-refractivity contribution is 6.34. The predicted octanol–water partition coefficient (Wildman–Crippen LogP) is 3.37. The maximum Gasteiger partial charge on any atom is 0.352 e. The third kappa shape index (κ3) is 4.05. The molecule has 0 saturated carbocycles. The van der Waals surface area contributed by atoms with Crippen LogP contribution >= 0.6 is 23.2 Å². The molecule has 1 aliphatic heterocycles. The molecule has 3 aromatic heterocycles. The highest BCUT2D eigenvalue weighted by Gasteiger charge is 2.30. The van der Waals surface area contributed by atoms with Gasteiger partial charge in [0.05, 0.1) is 24.3 Å². The molecule has 0 spiro atoms. The molecule has 1 aliphatic rings. The second kappa shape index (κ2) is 8.70. The van der Waals surface area contributed by atoms with Crippen molar-refractivity contribution < 1.29 is 19.9 Å². The molecule has 4 heterocycles. The number of halogens is 2. The summed E-state index contributed by atoms with van der Waals surface area (Å²) in [6.07, 6.45) is 2.02. The van der Waals surface area contributed by atoms with Gasteiger partial charge in [0.25, 0.3) is 0 Å². The van der Waals surface area contributed by atoms with E-state index in [0.29, 0.717) is 17.5 Å². The predicted molar refractivity (Wildman–Crippen MR) is 108 cm³/mol. The summed E-state index contributed by atoms with van der Waals surface area (Å²) in [4.78, 5) is 18.9. The summed E-state index contributed by atoms with van der Waals surface area (Å²) in [5.41, 5.74) is -0.994. The number of hydrogen-bond donors (Lipinski definition) is 0. The van der Waals surface area contributed by atoms with E-state index in [0.717, 1.165) is 4.68 Å². The SMILES string of the molecule is [2H]C([2H])([2H])c1c([N+](=O)[O-])c(OCCCn2nc(Cl)c3cnc(Cl)nc32)nn1C1([2H])CCOCC1. The molecular weight excluding hydrogens is 437 g/mol. The quantitative estimate of drug-likeness (QED) is 0.228. The van der Waals surface area contributed by atoms with Crippen LogP contribution in [0.15, 0.2) is 6.20 Å². The number of aromatic nitrogens is 6. The van der Waals surface area contributed by atoms with Gasteiger partial charge in [0.1, 0.15) is 5.69 Å². The molecule has 0 amide bonds. The summed E-state index contributed by atoms with van der Waals surface area (Å²) in [6.45, 7) is -2.24. The smallest absolute Gasteiger partial charge is 0.352 e. The van der Waals surface area contributed by atoms with Crippen molar-refractivity contribution in [2.75, 3.05) is 19.8 Å². The minimum atomic E-state index is -2.88. The van der Waals surface area contributed by atoms with E-state index in [1.807, 2.05) is 0 Å². The summed E-state index contributed by atoms with van der Waals surface area (Å²) in [5, 5.41) is 20.8. The molecule has 160 valence electrons. The van der Waals surface area contributed by atoms with Crippen LogP contribution in [0.2, 0.25) is 10.4 Å². The van der Waals surface area contributed by atoms with E-state index < -0.39 is 35.1 Å². The summed E-state index contributed by atoms with van der Waals surface area (Å²) < 4.78 is 45.4. The summed E-state index contributed by atoms with van der Waals surface area (Å²) >= 11 is 11.9. The minimum Gasteiger partial charge on any atom is -0.472 e. The van der Waals surface area contributed by atoms with Crippen LogP contribution in [-0.4, -0.2) is 54.3 Å². The first-order valence-corrected chi connectivity index (χ1v) is 9.80. The molecule has 11 nitrogen and oxygen atoms in total. The highest BCUT2D eigenvalue weighted by atomic mass is 35.5. The van der Waals surface area contributed by atoms with Crippen LogP contribution in [0.1, 0.15) is 36.5 Å². The molecule has 1 fully saturated rings. The van der Waals surface area contributed by atoms with E-state index in [2.05, 4.69) is 20.2 Å². The second-order valence-electron chi connectivity index (χ2n) is 6.44. The van der Waals surface area contributed by atoms with Gasteiger partial charge in [0, 0.05) is 36.5 Å². The van der Waals surface area contributed by atoms with Crippen LogP contribution in [-0.2, 0) is 11.3 Å². The Hall–Kier alpha value is -2.50. The number of hydrogen-bond acceptors (Lipinski definition) is 8. The largest absolute Gasteiger partial charge is 0.472 e. The van der Waals surface area contributed by atoms with E-state index in [4.69, 9.17) is 38.2 Å². The maximum atomic E-state index is 11.8. The normalized spacial score (nSPS) is 18.5. The van der Waals surface area contributed by atoms with E-state index >= 15 is 0 Å². The van der Waals surface area contributed by atoms with Crippen LogP contribution in [0.3, 0.4) is 0 Å². The van der Waals surface area contributed by atoms with Gasteiger partial charge in [-0.3, -0.25) is 14.8 Å². The Morgan fingerprint density at radius 3 is 2.97 bits per heavy atom. The van der Waals surface area contributed by atoms with Crippen molar-refractivity contribution in [2.24, 2.45) is 0 Å². The standard InChI is InChI=1S/C17H19Cl2N7O4/c1-10-13(26(27)28)16(23-25(10)11-3-7-29-8-4-11)30-6-2-5-24-15-12(14(18)22-24)9-20-17(19)21-15/h9,11H,2-8H2,1H3/i1D3,11D. The molecule has 1 saturated heterocycles. The van der Waals surface area contributed by atoms with Crippen LogP contribution in [0.25, 0.3) is 11.0 Å². The van der Waals surface area contributed by atoms with Crippen LogP contribution in [0.4, 0.5) is 5.69 Å². The molecule has 0 N–H and O–H groups in total. The Morgan fingerprint density at radius 1 is 1.43 bits per heavy atom. The number of aryl methyl sites for hydroxylation is 1. The van der Waals surface area contributed by atoms with Gasteiger partial charge in [-0.15, -0.1) is 5.10 Å². The zero-order valence-electron chi connectivity index (χ0n) is 19.5. The molecule has 3 aromatic rings. The minimum absolute atomic E-state index is 0.0253. The number of fused-ring (bicyclic) bond motifs is 1. The second-order valence-corrected chi connectivity index (χ2v) is 7.14. The Labute approximate surface area is 186 Å². The molecule has 0 aromatic carbocycles. The summed E-state index contributed by atoms with van der Waals surface area (Å²) in [7, 11) is 0. The fourth-order valence-electron chi connectivity index (χ4n) is 3.14. The topological polar surface area (TPSA) is 123 Å². The molecule has 30 heavy (non-hydrogen) atoms. The Balaban J connectivity index is 1.57. The average molecular weight is 460 g/mol. The monoisotopic (exact) mass is 459 g/mol. The lowest BCUT2D eigenvalue weighted by Crippen LogP contribution is -2.21. The van der Waals surface area contributed by atoms with E-state index in [-0.39, 0.29) is 49.6 Å². The third-order valence-electron chi connectivity index (χ3n) is 4.55. The number of ether oxygens (including phenoxy) is 2. The van der Waals surface area contributed by atoms with Crippen molar-refractivity contribution in [2.45, 2.75) is 38.7 Å². The van der Waals surface area contributed by atoms with Crippen molar-refractivity contribution in [3.05, 3.63) is 32.4 Å². The molecule has 0 unspecified atom stereocenters. The highest BCUT2D eigenvalue weighted by Crippen LogP contribution is 2.34. The van der Waals surface area contributed by atoms with Gasteiger partial charge in [-0.05, 0) is 31.3 Å². The Kier molecular flexibility index (Phi) is 4.71. The van der Waals surface area contributed by atoms with Crippen LogP contribution in [0, 0.1) is 17.0 Å². The third-order valence-corrected chi connectivity index (χ3v) is 5.01.